The third-order valence-corrected chi connectivity index (χ3v) is 3.05. The highest BCUT2D eigenvalue weighted by atomic mass is 16.6. The number of esters is 1. The maximum Gasteiger partial charge on any atom is 0.320 e. The number of allylic oxidation sites excluding steroid dienone is 1. The van der Waals surface area contributed by atoms with E-state index in [1.807, 2.05) is 32.9 Å². The monoisotopic (exact) mass is 269 g/mol. The van der Waals surface area contributed by atoms with E-state index in [4.69, 9.17) is 15.6 Å². The van der Waals surface area contributed by atoms with E-state index in [1.54, 1.807) is 0 Å². The van der Waals surface area contributed by atoms with Gasteiger partial charge >= 0.3 is 11.9 Å². The molecule has 3 atom stereocenters. The van der Waals surface area contributed by atoms with Gasteiger partial charge in [-0.05, 0) is 46.0 Å². The maximum atomic E-state index is 11.9. The van der Waals surface area contributed by atoms with Crippen LogP contribution in [0.2, 0.25) is 0 Å². The molecule has 1 aliphatic carbocycles. The first-order valence-corrected chi connectivity index (χ1v) is 6.58. The van der Waals surface area contributed by atoms with Crippen LogP contribution in [0.3, 0.4) is 0 Å². The molecule has 0 fully saturated rings. The second-order valence-electron chi connectivity index (χ2n) is 6.04. The zero-order chi connectivity index (χ0) is 14.6. The molecule has 0 saturated carbocycles. The molecule has 2 unspecified atom stereocenters. The Morgan fingerprint density at radius 2 is 2.00 bits per heavy atom. The Morgan fingerprint density at radius 1 is 1.37 bits per heavy atom. The van der Waals surface area contributed by atoms with Crippen LogP contribution in [-0.2, 0) is 14.3 Å². The Morgan fingerprint density at radius 3 is 2.42 bits per heavy atom. The summed E-state index contributed by atoms with van der Waals surface area (Å²) in [6, 6.07) is -0.840. The van der Waals surface area contributed by atoms with Gasteiger partial charge in [-0.15, -0.1) is 0 Å². The molecule has 0 aromatic carbocycles. The number of carbonyl (C=O) groups excluding carboxylic acids is 1. The van der Waals surface area contributed by atoms with Crippen molar-refractivity contribution in [3.05, 3.63) is 12.2 Å². The lowest BCUT2D eigenvalue weighted by Gasteiger charge is -2.26. The van der Waals surface area contributed by atoms with E-state index in [-0.39, 0.29) is 17.8 Å². The predicted molar refractivity (Wildman–Crippen MR) is 71.4 cm³/mol. The van der Waals surface area contributed by atoms with Crippen LogP contribution in [-0.4, -0.2) is 28.7 Å². The zero-order valence-electron chi connectivity index (χ0n) is 11.8. The number of carboxylic acid groups (broad SMARTS) is 1. The summed E-state index contributed by atoms with van der Waals surface area (Å²) in [6.45, 7) is 5.52. The van der Waals surface area contributed by atoms with Crippen LogP contribution in [0.1, 0.15) is 40.0 Å². The van der Waals surface area contributed by atoms with E-state index < -0.39 is 17.6 Å². The van der Waals surface area contributed by atoms with Crippen LogP contribution >= 0.6 is 0 Å². The molecule has 0 radical (unpaired) electrons. The van der Waals surface area contributed by atoms with Gasteiger partial charge in [-0.25, -0.2) is 0 Å². The van der Waals surface area contributed by atoms with Crippen molar-refractivity contribution < 1.29 is 19.4 Å². The molecule has 5 nitrogen and oxygen atoms in total. The van der Waals surface area contributed by atoms with Crippen molar-refractivity contribution in [3.63, 3.8) is 0 Å². The van der Waals surface area contributed by atoms with Crippen LogP contribution in [0.4, 0.5) is 0 Å². The molecule has 0 saturated heterocycles. The Kier molecular flexibility index (Phi) is 5.11. The number of ether oxygens (including phenoxy) is 1. The number of nitrogens with two attached hydrogens (primary N) is 1. The van der Waals surface area contributed by atoms with Gasteiger partial charge in [0.25, 0.3) is 0 Å². The van der Waals surface area contributed by atoms with Gasteiger partial charge in [0.1, 0.15) is 11.6 Å². The maximum absolute atomic E-state index is 11.9. The lowest BCUT2D eigenvalue weighted by atomic mass is 9.85. The summed E-state index contributed by atoms with van der Waals surface area (Å²) >= 11 is 0. The summed E-state index contributed by atoms with van der Waals surface area (Å²) in [6.07, 6.45) is 5.56. The Balaban J connectivity index is 2.49. The van der Waals surface area contributed by atoms with Crippen molar-refractivity contribution in [2.24, 2.45) is 17.6 Å². The fraction of sp³-hybridized carbons (Fsp3) is 0.714. The molecule has 0 heterocycles. The normalized spacial score (nSPS) is 24.8. The largest absolute Gasteiger partial charge is 0.480 e. The van der Waals surface area contributed by atoms with E-state index in [2.05, 4.69) is 0 Å². The van der Waals surface area contributed by atoms with Crippen molar-refractivity contribution in [1.82, 2.24) is 0 Å². The van der Waals surface area contributed by atoms with Gasteiger partial charge < -0.3 is 15.6 Å². The van der Waals surface area contributed by atoms with Crippen LogP contribution in [0.15, 0.2) is 12.2 Å². The molecule has 19 heavy (non-hydrogen) atoms. The molecule has 0 aromatic rings. The van der Waals surface area contributed by atoms with E-state index in [0.29, 0.717) is 12.8 Å². The third-order valence-electron chi connectivity index (χ3n) is 3.05. The van der Waals surface area contributed by atoms with Gasteiger partial charge in [0.05, 0.1) is 5.92 Å². The Hall–Kier alpha value is -1.36. The summed E-state index contributed by atoms with van der Waals surface area (Å²) in [5.74, 6) is -1.30. The molecule has 0 amide bonds. The lowest BCUT2D eigenvalue weighted by molar-refractivity contribution is -0.158. The van der Waals surface area contributed by atoms with Crippen molar-refractivity contribution in [2.45, 2.75) is 51.7 Å². The number of carbonyl (C=O) groups is 2. The fourth-order valence-electron chi connectivity index (χ4n) is 2.07. The topological polar surface area (TPSA) is 89.6 Å². The van der Waals surface area contributed by atoms with Gasteiger partial charge in [0.2, 0.25) is 0 Å². The molecule has 0 aromatic heterocycles. The number of hydrogen-bond acceptors (Lipinski definition) is 4. The molecule has 1 aliphatic rings. The van der Waals surface area contributed by atoms with E-state index in [0.717, 1.165) is 6.42 Å². The van der Waals surface area contributed by atoms with Crippen molar-refractivity contribution in [1.29, 1.82) is 0 Å². The Bertz CT molecular complexity index is 370. The summed E-state index contributed by atoms with van der Waals surface area (Å²) < 4.78 is 5.32. The number of aliphatic carboxylic acids is 1. The van der Waals surface area contributed by atoms with Crippen molar-refractivity contribution in [3.8, 4) is 0 Å². The minimum absolute atomic E-state index is 0.129. The minimum Gasteiger partial charge on any atom is -0.480 e. The number of hydrogen-bond donors (Lipinski definition) is 2. The van der Waals surface area contributed by atoms with E-state index in [1.165, 1.54) is 0 Å². The summed E-state index contributed by atoms with van der Waals surface area (Å²) in [4.78, 5) is 22.5. The second-order valence-corrected chi connectivity index (χ2v) is 6.04. The first kappa shape index (κ1) is 15.7. The van der Waals surface area contributed by atoms with Crippen LogP contribution in [0, 0.1) is 11.8 Å². The zero-order valence-corrected chi connectivity index (χ0v) is 11.8. The van der Waals surface area contributed by atoms with Crippen LogP contribution < -0.4 is 5.73 Å². The van der Waals surface area contributed by atoms with Crippen LogP contribution in [0.5, 0.6) is 0 Å². The molecule has 5 heteroatoms. The number of carboxylic acids is 1. The fourth-order valence-corrected chi connectivity index (χ4v) is 2.07. The summed E-state index contributed by atoms with van der Waals surface area (Å²) in [5, 5.41) is 8.76. The predicted octanol–water partition coefficient (Wildman–Crippen LogP) is 1.71. The first-order chi connectivity index (χ1) is 8.69. The molecular weight excluding hydrogens is 246 g/mol. The summed E-state index contributed by atoms with van der Waals surface area (Å²) in [5.41, 5.74) is 5.02. The van der Waals surface area contributed by atoms with Crippen molar-refractivity contribution >= 4 is 11.9 Å². The highest BCUT2D eigenvalue weighted by Gasteiger charge is 2.27. The van der Waals surface area contributed by atoms with Crippen LogP contribution in [0.25, 0.3) is 0 Å². The summed E-state index contributed by atoms with van der Waals surface area (Å²) in [7, 11) is 0. The first-order valence-electron chi connectivity index (χ1n) is 6.58. The van der Waals surface area contributed by atoms with Gasteiger partial charge in [-0.3, -0.25) is 9.59 Å². The van der Waals surface area contributed by atoms with Gasteiger partial charge in [-0.1, -0.05) is 12.2 Å². The molecular formula is C14H23NO4. The van der Waals surface area contributed by atoms with Gasteiger partial charge in [0, 0.05) is 0 Å². The molecule has 0 bridgehead atoms. The van der Waals surface area contributed by atoms with Crippen molar-refractivity contribution in [2.75, 3.05) is 0 Å². The Labute approximate surface area is 113 Å². The quantitative estimate of drug-likeness (QED) is 0.599. The standard InChI is InChI=1S/C14H23NO4/c1-14(2,3)19-13(18)10-6-4-9(5-7-10)8-11(15)12(16)17/h4,6,9-11H,5,7-8,15H2,1-3H3,(H,16,17)/t9?,10?,11-/m0/s1. The molecule has 108 valence electrons. The van der Waals surface area contributed by atoms with Gasteiger partial charge in [0.15, 0.2) is 0 Å². The average molecular weight is 269 g/mol. The highest BCUT2D eigenvalue weighted by molar-refractivity contribution is 5.75. The molecule has 3 N–H and O–H groups in total. The third kappa shape index (κ3) is 5.42. The lowest BCUT2D eigenvalue weighted by Crippen LogP contribution is -2.33. The smallest absolute Gasteiger partial charge is 0.320 e. The van der Waals surface area contributed by atoms with E-state index >= 15 is 0 Å². The second kappa shape index (κ2) is 6.19. The van der Waals surface area contributed by atoms with E-state index in [9.17, 15) is 9.59 Å². The molecule has 0 spiro atoms. The number of rotatable bonds is 4. The highest BCUT2D eigenvalue weighted by Crippen LogP contribution is 2.27. The average Bonchev–Trinajstić information content (AvgIpc) is 2.27. The van der Waals surface area contributed by atoms with Gasteiger partial charge in [-0.2, -0.15) is 0 Å². The molecule has 1 rings (SSSR count). The minimum atomic E-state index is -0.984. The molecule has 0 aliphatic heterocycles. The SMILES string of the molecule is CC(C)(C)OC(=O)C1C=CC(C[C@H](N)C(=O)O)CC1.